The smallest absolute Gasteiger partial charge is 0.328 e. The Morgan fingerprint density at radius 1 is 0.914 bits per heavy atom. The van der Waals surface area contributed by atoms with E-state index in [1.807, 2.05) is 106 Å². The van der Waals surface area contributed by atoms with Crippen LogP contribution in [0.4, 0.5) is 5.69 Å². The van der Waals surface area contributed by atoms with Crippen LogP contribution >= 0.6 is 0 Å². The summed E-state index contributed by atoms with van der Waals surface area (Å²) in [6, 6.07) is 25.8. The maximum absolute atomic E-state index is 13.4. The molecule has 3 N–H and O–H groups in total. The van der Waals surface area contributed by atoms with E-state index in [4.69, 9.17) is 0 Å². The van der Waals surface area contributed by atoms with Gasteiger partial charge in [0.1, 0.15) is 6.04 Å². The fourth-order valence-corrected chi connectivity index (χ4v) is 3.88. The van der Waals surface area contributed by atoms with Crippen LogP contribution in [-0.2, 0) is 9.59 Å². The summed E-state index contributed by atoms with van der Waals surface area (Å²) >= 11 is 0. The molecule has 0 bridgehead atoms. The van der Waals surface area contributed by atoms with Gasteiger partial charge < -0.3 is 10.4 Å². The number of nitrogens with zero attached hydrogens (tertiary/aromatic N) is 1. The first-order valence-electron chi connectivity index (χ1n) is 11.8. The van der Waals surface area contributed by atoms with Crippen molar-refractivity contribution in [3.8, 4) is 0 Å². The molecule has 0 heterocycles. The van der Waals surface area contributed by atoms with E-state index in [9.17, 15) is 14.7 Å². The number of carboxylic acid groups (broad SMARTS) is 1. The van der Waals surface area contributed by atoms with Crippen LogP contribution in [0.2, 0.25) is 0 Å². The summed E-state index contributed by atoms with van der Waals surface area (Å²) in [5, 5.41) is 16.1. The Balaban J connectivity index is 1.93. The highest BCUT2D eigenvalue weighted by atomic mass is 16.4. The molecule has 3 rings (SSSR count). The van der Waals surface area contributed by atoms with Gasteiger partial charge in [-0.15, -0.1) is 0 Å². The number of anilines is 1. The summed E-state index contributed by atoms with van der Waals surface area (Å²) in [6.07, 6.45) is 0.356. The molecule has 0 aliphatic rings. The summed E-state index contributed by atoms with van der Waals surface area (Å²) in [4.78, 5) is 29.8. The molecule has 0 spiro atoms. The number of carbonyl (C=O) groups excluding carboxylic acids is 1. The molecule has 0 saturated carbocycles. The highest BCUT2D eigenvalue weighted by Crippen LogP contribution is 2.24. The van der Waals surface area contributed by atoms with Crippen LogP contribution < -0.4 is 10.6 Å². The molecule has 1 amide bonds. The standard InChI is InChI=1S/C29H33N3O3/c1-5-24(27(33)34)30-26(22-16-10-7-11-17-22)23-18-12-13-19-25(23)31-28(35)29(3,4)32-20(2)21-14-8-6-9-15-21/h6-20,24,32H,5H2,1-4H3,(H,31,35)(H,33,34)/t20-,24-/m1/s1. The van der Waals surface area contributed by atoms with E-state index < -0.39 is 17.6 Å². The van der Waals surface area contributed by atoms with Crippen molar-refractivity contribution < 1.29 is 14.7 Å². The number of nitrogens with one attached hydrogen (secondary N) is 2. The van der Waals surface area contributed by atoms with Crippen LogP contribution in [0.1, 0.15) is 56.8 Å². The minimum Gasteiger partial charge on any atom is -0.480 e. The molecule has 0 saturated heterocycles. The number of carbonyl (C=O) groups is 2. The summed E-state index contributed by atoms with van der Waals surface area (Å²) in [5.41, 5.74) is 2.76. The molecular formula is C29H33N3O3. The second kappa shape index (κ2) is 11.6. The van der Waals surface area contributed by atoms with Gasteiger partial charge in [0.15, 0.2) is 0 Å². The van der Waals surface area contributed by atoms with Gasteiger partial charge in [-0.3, -0.25) is 15.1 Å². The molecular weight excluding hydrogens is 438 g/mol. The van der Waals surface area contributed by atoms with Crippen molar-refractivity contribution in [2.24, 2.45) is 4.99 Å². The number of hydrogen-bond acceptors (Lipinski definition) is 4. The molecule has 3 aromatic rings. The Labute approximate surface area is 207 Å². The monoisotopic (exact) mass is 471 g/mol. The van der Waals surface area contributed by atoms with Gasteiger partial charge in [0.05, 0.1) is 16.9 Å². The Morgan fingerprint density at radius 3 is 2.09 bits per heavy atom. The minimum absolute atomic E-state index is 0.0329. The van der Waals surface area contributed by atoms with Crippen molar-refractivity contribution in [2.75, 3.05) is 5.32 Å². The third-order valence-corrected chi connectivity index (χ3v) is 5.88. The first-order chi connectivity index (χ1) is 16.7. The number of rotatable bonds is 10. The molecule has 0 fully saturated rings. The zero-order valence-corrected chi connectivity index (χ0v) is 20.7. The fraction of sp³-hybridized carbons (Fsp3) is 0.276. The topological polar surface area (TPSA) is 90.8 Å². The Hall–Kier alpha value is -3.77. The first kappa shape index (κ1) is 25.8. The molecule has 0 aromatic heterocycles. The Bertz CT molecular complexity index is 1170. The van der Waals surface area contributed by atoms with Gasteiger partial charge >= 0.3 is 5.97 Å². The lowest BCUT2D eigenvalue weighted by molar-refractivity contribution is -0.138. The van der Waals surface area contributed by atoms with Crippen LogP contribution in [0.15, 0.2) is 89.9 Å². The number of para-hydroxylation sites is 1. The van der Waals surface area contributed by atoms with Crippen molar-refractivity contribution in [3.05, 3.63) is 102 Å². The van der Waals surface area contributed by atoms with E-state index >= 15 is 0 Å². The van der Waals surface area contributed by atoms with E-state index in [2.05, 4.69) is 15.6 Å². The van der Waals surface area contributed by atoms with Gasteiger partial charge in [-0.25, -0.2) is 4.79 Å². The van der Waals surface area contributed by atoms with Crippen molar-refractivity contribution in [2.45, 2.75) is 51.7 Å². The number of carboxylic acids is 1. The van der Waals surface area contributed by atoms with Gasteiger partial charge in [0.25, 0.3) is 0 Å². The average Bonchev–Trinajstić information content (AvgIpc) is 2.86. The Kier molecular flexibility index (Phi) is 8.55. The molecule has 35 heavy (non-hydrogen) atoms. The third-order valence-electron chi connectivity index (χ3n) is 5.88. The molecule has 6 nitrogen and oxygen atoms in total. The van der Waals surface area contributed by atoms with E-state index in [0.29, 0.717) is 23.4 Å². The first-order valence-corrected chi connectivity index (χ1v) is 11.8. The SMILES string of the molecule is CC[C@@H](N=C(c1ccccc1)c1ccccc1NC(=O)C(C)(C)N[C@H](C)c1ccccc1)C(=O)O. The number of benzene rings is 3. The zero-order chi connectivity index (χ0) is 25.4. The van der Waals surface area contributed by atoms with Crippen molar-refractivity contribution in [1.29, 1.82) is 0 Å². The lowest BCUT2D eigenvalue weighted by atomic mass is 9.97. The molecule has 6 heteroatoms. The van der Waals surface area contributed by atoms with Gasteiger partial charge in [0, 0.05) is 17.2 Å². The largest absolute Gasteiger partial charge is 0.480 e. The molecule has 3 aromatic carbocycles. The second-order valence-electron chi connectivity index (χ2n) is 9.01. The number of amides is 1. The summed E-state index contributed by atoms with van der Waals surface area (Å²) < 4.78 is 0. The molecule has 0 radical (unpaired) electrons. The second-order valence-corrected chi connectivity index (χ2v) is 9.01. The summed E-state index contributed by atoms with van der Waals surface area (Å²) in [7, 11) is 0. The van der Waals surface area contributed by atoms with Gasteiger partial charge in [0.2, 0.25) is 5.91 Å². The van der Waals surface area contributed by atoms with Crippen LogP contribution in [0.5, 0.6) is 0 Å². The van der Waals surface area contributed by atoms with Crippen molar-refractivity contribution >= 4 is 23.3 Å². The third kappa shape index (κ3) is 6.64. The van der Waals surface area contributed by atoms with E-state index in [0.717, 1.165) is 11.1 Å². The van der Waals surface area contributed by atoms with Gasteiger partial charge in [-0.2, -0.15) is 0 Å². The Morgan fingerprint density at radius 2 is 1.49 bits per heavy atom. The predicted molar refractivity (Wildman–Crippen MR) is 141 cm³/mol. The zero-order valence-electron chi connectivity index (χ0n) is 20.7. The number of hydrogen-bond donors (Lipinski definition) is 3. The molecule has 0 unspecified atom stereocenters. The lowest BCUT2D eigenvalue weighted by Gasteiger charge is -2.30. The predicted octanol–water partition coefficient (Wildman–Crippen LogP) is 5.46. The molecule has 2 atom stereocenters. The average molecular weight is 472 g/mol. The molecule has 182 valence electrons. The van der Waals surface area contributed by atoms with Crippen LogP contribution in [-0.4, -0.2) is 34.3 Å². The normalized spacial score (nSPS) is 13.7. The lowest BCUT2D eigenvalue weighted by Crippen LogP contribution is -2.50. The number of aliphatic imine (C=N–C) groups is 1. The van der Waals surface area contributed by atoms with Crippen LogP contribution in [0.3, 0.4) is 0 Å². The summed E-state index contributed by atoms with van der Waals surface area (Å²) in [6.45, 7) is 7.50. The minimum atomic E-state index is -0.984. The van der Waals surface area contributed by atoms with Crippen LogP contribution in [0.25, 0.3) is 0 Å². The van der Waals surface area contributed by atoms with Gasteiger partial charge in [-0.1, -0.05) is 85.8 Å². The van der Waals surface area contributed by atoms with Gasteiger partial charge in [-0.05, 0) is 38.8 Å². The highest BCUT2D eigenvalue weighted by molar-refractivity contribution is 6.18. The maximum atomic E-state index is 13.4. The molecule has 0 aliphatic carbocycles. The maximum Gasteiger partial charge on any atom is 0.328 e. The summed E-state index contributed by atoms with van der Waals surface area (Å²) in [5.74, 6) is -1.19. The van der Waals surface area contributed by atoms with E-state index in [-0.39, 0.29) is 11.9 Å². The van der Waals surface area contributed by atoms with Crippen molar-refractivity contribution in [1.82, 2.24) is 5.32 Å². The highest BCUT2D eigenvalue weighted by Gasteiger charge is 2.30. The quantitative estimate of drug-likeness (QED) is 0.343. The fourth-order valence-electron chi connectivity index (χ4n) is 3.88. The van der Waals surface area contributed by atoms with E-state index in [1.165, 1.54) is 0 Å². The number of aliphatic carboxylic acids is 1. The van der Waals surface area contributed by atoms with E-state index in [1.54, 1.807) is 6.92 Å². The van der Waals surface area contributed by atoms with Crippen molar-refractivity contribution in [3.63, 3.8) is 0 Å². The molecule has 0 aliphatic heterocycles. The van der Waals surface area contributed by atoms with Crippen LogP contribution in [0, 0.1) is 0 Å².